The van der Waals surface area contributed by atoms with Crippen molar-refractivity contribution in [3.8, 4) is 56.2 Å². The molecule has 226 valence electrons. The van der Waals surface area contributed by atoms with Gasteiger partial charge in [-0.1, -0.05) is 134 Å². The van der Waals surface area contributed by atoms with Gasteiger partial charge in [-0.15, -0.1) is 0 Å². The Labute approximate surface area is 276 Å². The van der Waals surface area contributed by atoms with Gasteiger partial charge >= 0.3 is 0 Å². The highest BCUT2D eigenvalue weighted by Crippen LogP contribution is 2.37. The van der Waals surface area contributed by atoms with Gasteiger partial charge < -0.3 is 4.42 Å². The van der Waals surface area contributed by atoms with Crippen molar-refractivity contribution in [2.45, 2.75) is 19.6 Å². The molecule has 0 atom stereocenters. The fourth-order valence-corrected chi connectivity index (χ4v) is 8.09. The molecule has 8 rings (SSSR count). The number of para-hydroxylation sites is 1. The lowest BCUT2D eigenvalue weighted by atomic mass is 9.93. The third-order valence-corrected chi connectivity index (χ3v) is 10.9. The second-order valence-corrected chi connectivity index (χ2v) is 18.1. The van der Waals surface area contributed by atoms with E-state index in [0.29, 0.717) is 5.82 Å². The van der Waals surface area contributed by atoms with Gasteiger partial charge in [0.15, 0.2) is 5.82 Å². The summed E-state index contributed by atoms with van der Waals surface area (Å²) < 4.78 is 6.18. The van der Waals surface area contributed by atoms with Crippen LogP contribution >= 0.6 is 0 Å². The molecule has 6 aromatic carbocycles. The first-order chi connectivity index (χ1) is 22.9. The summed E-state index contributed by atoms with van der Waals surface area (Å²) in [7, 11) is -1.66. The third-order valence-electron chi connectivity index (χ3n) is 8.81. The molecule has 0 saturated heterocycles. The average molecular weight is 623 g/mol. The highest BCUT2D eigenvalue weighted by atomic mass is 28.3. The average Bonchev–Trinajstić information content (AvgIpc) is 3.50. The fourth-order valence-electron chi connectivity index (χ4n) is 6.46. The molecule has 0 aliphatic carbocycles. The molecule has 0 fully saturated rings. The van der Waals surface area contributed by atoms with Crippen LogP contribution in [0.5, 0.6) is 0 Å². The highest BCUT2D eigenvalue weighted by Gasteiger charge is 2.22. The number of hydrogen-bond donors (Lipinski definition) is 0. The maximum atomic E-state index is 6.18. The van der Waals surface area contributed by atoms with Crippen molar-refractivity contribution in [2.75, 3.05) is 0 Å². The van der Waals surface area contributed by atoms with E-state index in [9.17, 15) is 0 Å². The second kappa shape index (κ2) is 11.7. The van der Waals surface area contributed by atoms with Crippen LogP contribution in [0.15, 0.2) is 156 Å². The van der Waals surface area contributed by atoms with E-state index in [4.69, 9.17) is 14.4 Å². The van der Waals surface area contributed by atoms with Crippen molar-refractivity contribution < 1.29 is 4.42 Å². The van der Waals surface area contributed by atoms with Crippen LogP contribution in [0.2, 0.25) is 19.6 Å². The predicted octanol–water partition coefficient (Wildman–Crippen LogP) is 11.3. The minimum atomic E-state index is -1.66. The van der Waals surface area contributed by atoms with Crippen molar-refractivity contribution >= 4 is 35.2 Å². The zero-order valence-corrected chi connectivity index (χ0v) is 27.7. The number of nitrogens with zero attached hydrogens (tertiary/aromatic N) is 2. The fraction of sp³-hybridized carbons (Fsp3) is 0.0698. The summed E-state index contributed by atoms with van der Waals surface area (Å²) in [5, 5.41) is 3.69. The van der Waals surface area contributed by atoms with E-state index < -0.39 is 8.07 Å². The monoisotopic (exact) mass is 622 g/mol. The molecule has 0 unspecified atom stereocenters. The second-order valence-electron chi connectivity index (χ2n) is 13.1. The van der Waals surface area contributed by atoms with Gasteiger partial charge in [0.1, 0.15) is 11.2 Å². The largest absolute Gasteiger partial charge is 0.456 e. The molecular weight excluding hydrogens is 589 g/mol. The molecular formula is C43H34N2OSi. The van der Waals surface area contributed by atoms with Gasteiger partial charge in [0.2, 0.25) is 0 Å². The number of benzene rings is 6. The maximum Gasteiger partial charge on any atom is 0.160 e. The summed E-state index contributed by atoms with van der Waals surface area (Å²) in [4.78, 5) is 10.3. The third kappa shape index (κ3) is 5.58. The summed E-state index contributed by atoms with van der Waals surface area (Å²) in [5.74, 6) is 0.711. The van der Waals surface area contributed by atoms with Gasteiger partial charge in [0.25, 0.3) is 0 Å². The van der Waals surface area contributed by atoms with Crippen molar-refractivity contribution in [1.82, 2.24) is 9.97 Å². The van der Waals surface area contributed by atoms with Crippen molar-refractivity contribution in [1.29, 1.82) is 0 Å². The first-order valence-electron chi connectivity index (χ1n) is 16.1. The topological polar surface area (TPSA) is 38.9 Å². The molecule has 0 amide bonds. The van der Waals surface area contributed by atoms with Gasteiger partial charge in [-0.25, -0.2) is 9.97 Å². The Bertz CT molecular complexity index is 2330. The lowest BCUT2D eigenvalue weighted by Crippen LogP contribution is -2.38. The van der Waals surface area contributed by atoms with E-state index >= 15 is 0 Å². The predicted molar refractivity (Wildman–Crippen MR) is 199 cm³/mol. The zero-order valence-electron chi connectivity index (χ0n) is 26.7. The molecule has 0 saturated carbocycles. The van der Waals surface area contributed by atoms with E-state index in [-0.39, 0.29) is 0 Å². The van der Waals surface area contributed by atoms with Gasteiger partial charge in [0, 0.05) is 27.5 Å². The van der Waals surface area contributed by atoms with Gasteiger partial charge in [-0.2, -0.15) is 0 Å². The molecule has 0 aliphatic heterocycles. The summed E-state index contributed by atoms with van der Waals surface area (Å²) >= 11 is 0. The van der Waals surface area contributed by atoms with E-state index in [1.807, 2.05) is 36.4 Å². The molecule has 0 aliphatic rings. The Balaban J connectivity index is 1.38. The Morgan fingerprint density at radius 3 is 1.79 bits per heavy atom. The molecule has 0 N–H and O–H groups in total. The maximum absolute atomic E-state index is 6.18. The number of fused-ring (bicyclic) bond motifs is 3. The summed E-state index contributed by atoms with van der Waals surface area (Å²) in [6, 6.07) is 53.3. The van der Waals surface area contributed by atoms with Gasteiger partial charge in [-0.05, 0) is 64.7 Å². The van der Waals surface area contributed by atoms with Crippen molar-refractivity contribution in [3.05, 3.63) is 152 Å². The SMILES string of the molecule is C[Si](C)(C)c1ccccc1-c1cc(-c2ccc3oc4ccccc4c3c2)cc(-c2cc(-c3ccccc3)nc(-c3ccccc3)n2)c1. The van der Waals surface area contributed by atoms with Crippen LogP contribution in [0.1, 0.15) is 0 Å². The van der Waals surface area contributed by atoms with Gasteiger partial charge in [-0.3, -0.25) is 0 Å². The normalized spacial score (nSPS) is 11.7. The van der Waals surface area contributed by atoms with Crippen molar-refractivity contribution in [3.63, 3.8) is 0 Å². The zero-order chi connectivity index (χ0) is 32.0. The number of hydrogen-bond acceptors (Lipinski definition) is 3. The van der Waals surface area contributed by atoms with Crippen LogP contribution in [0.3, 0.4) is 0 Å². The molecule has 4 heteroatoms. The minimum absolute atomic E-state index is 0.711. The lowest BCUT2D eigenvalue weighted by Gasteiger charge is -2.22. The highest BCUT2D eigenvalue weighted by molar-refractivity contribution is 6.89. The molecule has 0 spiro atoms. The Hall–Kier alpha value is -5.58. The van der Waals surface area contributed by atoms with Crippen LogP contribution in [0.25, 0.3) is 78.1 Å². The van der Waals surface area contributed by atoms with Crippen LogP contribution < -0.4 is 5.19 Å². The van der Waals surface area contributed by atoms with Crippen LogP contribution in [-0.2, 0) is 0 Å². The standard InChI is InChI=1S/C43H34N2OSi/c1-47(2,3)42-21-13-11-18-35(42)33-24-32(31-22-23-41-37(27-31)36-19-10-12-20-40(36)46-41)25-34(26-33)39-28-38(29-14-6-4-7-15-29)44-43(45-39)30-16-8-5-9-17-30/h4-28H,1-3H3. The molecule has 2 heterocycles. The molecule has 47 heavy (non-hydrogen) atoms. The first-order valence-corrected chi connectivity index (χ1v) is 19.6. The van der Waals surface area contributed by atoms with Crippen LogP contribution in [0.4, 0.5) is 0 Å². The van der Waals surface area contributed by atoms with E-state index in [1.165, 1.54) is 16.3 Å². The minimum Gasteiger partial charge on any atom is -0.456 e. The van der Waals surface area contributed by atoms with Crippen LogP contribution in [0, 0.1) is 0 Å². The van der Waals surface area contributed by atoms with E-state index in [0.717, 1.165) is 61.1 Å². The summed E-state index contributed by atoms with van der Waals surface area (Å²) in [6.07, 6.45) is 0. The smallest absolute Gasteiger partial charge is 0.160 e. The number of rotatable bonds is 6. The van der Waals surface area contributed by atoms with Gasteiger partial charge in [0.05, 0.1) is 19.5 Å². The molecule has 3 nitrogen and oxygen atoms in total. The molecule has 0 bridgehead atoms. The summed E-state index contributed by atoms with van der Waals surface area (Å²) in [6.45, 7) is 7.24. The number of aromatic nitrogens is 2. The Morgan fingerprint density at radius 1 is 0.426 bits per heavy atom. The Morgan fingerprint density at radius 2 is 1.02 bits per heavy atom. The van der Waals surface area contributed by atoms with Crippen molar-refractivity contribution in [2.24, 2.45) is 0 Å². The molecule has 8 aromatic rings. The molecule has 2 aromatic heterocycles. The quantitative estimate of drug-likeness (QED) is 0.173. The molecule has 0 radical (unpaired) electrons. The Kier molecular flexibility index (Phi) is 7.15. The lowest BCUT2D eigenvalue weighted by molar-refractivity contribution is 0.669. The van der Waals surface area contributed by atoms with Crippen LogP contribution in [-0.4, -0.2) is 18.0 Å². The van der Waals surface area contributed by atoms with E-state index in [2.05, 4.69) is 135 Å². The first kappa shape index (κ1) is 28.9. The number of furan rings is 1. The van der Waals surface area contributed by atoms with E-state index in [1.54, 1.807) is 0 Å². The summed E-state index contributed by atoms with van der Waals surface area (Å²) in [5.41, 5.74) is 11.4.